The van der Waals surface area contributed by atoms with Crippen molar-refractivity contribution in [1.29, 1.82) is 0 Å². The van der Waals surface area contributed by atoms with Gasteiger partial charge in [-0.15, -0.1) is 0 Å². The van der Waals surface area contributed by atoms with Gasteiger partial charge in [0, 0.05) is 31.8 Å². The Morgan fingerprint density at radius 1 is 1.12 bits per heavy atom. The summed E-state index contributed by atoms with van der Waals surface area (Å²) in [6.07, 6.45) is 13.9. The Kier molecular flexibility index (Phi) is 4.59. The van der Waals surface area contributed by atoms with E-state index in [1.165, 1.54) is 57.8 Å². The zero-order valence-electron chi connectivity index (χ0n) is 14.6. The number of nitrogens with zero attached hydrogens (tertiary/aromatic N) is 3. The Labute approximate surface area is 144 Å². The van der Waals surface area contributed by atoms with Gasteiger partial charge in [0.15, 0.2) is 5.82 Å². The second kappa shape index (κ2) is 6.85. The first kappa shape index (κ1) is 16.1. The lowest BCUT2D eigenvalue weighted by Crippen LogP contribution is -2.43. The Balaban J connectivity index is 1.19. The molecule has 5 heteroatoms. The van der Waals surface area contributed by atoms with Gasteiger partial charge >= 0.3 is 0 Å². The predicted molar refractivity (Wildman–Crippen MR) is 90.5 cm³/mol. The van der Waals surface area contributed by atoms with Crippen molar-refractivity contribution in [1.82, 2.24) is 15.0 Å². The molecule has 0 bridgehead atoms. The molecule has 1 aliphatic heterocycles. The fourth-order valence-electron chi connectivity index (χ4n) is 4.46. The van der Waals surface area contributed by atoms with Crippen LogP contribution < -0.4 is 0 Å². The minimum absolute atomic E-state index is 0.308. The van der Waals surface area contributed by atoms with Crippen molar-refractivity contribution >= 4 is 5.91 Å². The largest absolute Gasteiger partial charge is 0.343 e. The maximum atomic E-state index is 12.4. The smallest absolute Gasteiger partial charge is 0.226 e. The molecule has 2 aliphatic carbocycles. The van der Waals surface area contributed by atoms with Crippen molar-refractivity contribution in [2.24, 2.45) is 5.41 Å². The number of hydrogen-bond donors (Lipinski definition) is 0. The van der Waals surface area contributed by atoms with Crippen molar-refractivity contribution in [3.63, 3.8) is 0 Å². The quantitative estimate of drug-likeness (QED) is 0.822. The average molecular weight is 331 g/mol. The fraction of sp³-hybridized carbons (Fsp3) is 0.842. The van der Waals surface area contributed by atoms with Crippen LogP contribution >= 0.6 is 0 Å². The maximum absolute atomic E-state index is 12.4. The Hall–Kier alpha value is -1.39. The number of aromatic nitrogens is 2. The van der Waals surface area contributed by atoms with Gasteiger partial charge in [-0.25, -0.2) is 0 Å². The normalized spacial score (nSPS) is 23.6. The van der Waals surface area contributed by atoms with Gasteiger partial charge in [0.25, 0.3) is 0 Å². The van der Waals surface area contributed by atoms with Gasteiger partial charge in [0.2, 0.25) is 11.8 Å². The molecule has 2 saturated carbocycles. The van der Waals surface area contributed by atoms with E-state index in [2.05, 4.69) is 15.0 Å². The summed E-state index contributed by atoms with van der Waals surface area (Å²) in [4.78, 5) is 19.0. The van der Waals surface area contributed by atoms with Gasteiger partial charge in [0.05, 0.1) is 0 Å². The topological polar surface area (TPSA) is 59.2 Å². The van der Waals surface area contributed by atoms with Crippen molar-refractivity contribution in [2.75, 3.05) is 13.1 Å². The summed E-state index contributed by atoms with van der Waals surface area (Å²) < 4.78 is 5.28. The van der Waals surface area contributed by atoms with E-state index < -0.39 is 0 Å². The molecule has 1 spiro atoms. The highest BCUT2D eigenvalue weighted by Crippen LogP contribution is 2.44. The first-order chi connectivity index (χ1) is 11.7. The number of likely N-dealkylation sites (tertiary alicyclic amines) is 1. The van der Waals surface area contributed by atoms with Gasteiger partial charge in [-0.05, 0) is 50.4 Å². The highest BCUT2D eigenvalue weighted by atomic mass is 16.5. The van der Waals surface area contributed by atoms with E-state index in [0.717, 1.165) is 31.8 Å². The molecule has 3 fully saturated rings. The maximum Gasteiger partial charge on any atom is 0.226 e. The first-order valence-electron chi connectivity index (χ1n) is 9.84. The molecule has 2 heterocycles. The molecule has 4 rings (SSSR count). The van der Waals surface area contributed by atoms with E-state index in [1.54, 1.807) is 0 Å². The van der Waals surface area contributed by atoms with Crippen LogP contribution in [-0.2, 0) is 11.2 Å². The number of carbonyl (C=O) groups excluding carboxylic acids is 1. The number of hydrogen-bond acceptors (Lipinski definition) is 4. The summed E-state index contributed by atoms with van der Waals surface area (Å²) in [5, 5.41) is 4.03. The molecule has 1 saturated heterocycles. The first-order valence-corrected chi connectivity index (χ1v) is 9.84. The van der Waals surface area contributed by atoms with Crippen LogP contribution in [0.15, 0.2) is 4.52 Å². The molecule has 132 valence electrons. The van der Waals surface area contributed by atoms with Gasteiger partial charge in [-0.1, -0.05) is 24.4 Å². The molecule has 5 nitrogen and oxygen atoms in total. The molecule has 1 aromatic heterocycles. The van der Waals surface area contributed by atoms with Gasteiger partial charge in [0.1, 0.15) is 0 Å². The van der Waals surface area contributed by atoms with E-state index in [1.807, 2.05) is 0 Å². The SMILES string of the molecule is O=C(CCCc1nc(C2CC2)no1)N1CCC2(CCCCC2)CC1. The standard InChI is InChI=1S/C19H29N3O2/c23-17(6-4-5-16-20-18(21-24-16)15-7-8-15)22-13-11-19(12-14-22)9-2-1-3-10-19/h15H,1-14H2. The minimum atomic E-state index is 0.308. The number of piperidine rings is 1. The highest BCUT2D eigenvalue weighted by Gasteiger charge is 2.36. The Bertz CT molecular complexity index is 563. The van der Waals surface area contributed by atoms with Crippen LogP contribution in [0.5, 0.6) is 0 Å². The minimum Gasteiger partial charge on any atom is -0.343 e. The van der Waals surface area contributed by atoms with Crippen LogP contribution in [0.25, 0.3) is 0 Å². The molecule has 3 aliphatic rings. The van der Waals surface area contributed by atoms with Crippen LogP contribution in [0.2, 0.25) is 0 Å². The Morgan fingerprint density at radius 3 is 2.58 bits per heavy atom. The molecule has 24 heavy (non-hydrogen) atoms. The lowest BCUT2D eigenvalue weighted by atomic mass is 9.68. The predicted octanol–water partition coefficient (Wildman–Crippen LogP) is 3.84. The number of amides is 1. The molecule has 1 amide bonds. The zero-order chi connectivity index (χ0) is 16.4. The molecule has 0 N–H and O–H groups in total. The number of aryl methyl sites for hydroxylation is 1. The Morgan fingerprint density at radius 2 is 1.88 bits per heavy atom. The van der Waals surface area contributed by atoms with E-state index in [0.29, 0.717) is 29.6 Å². The number of rotatable bonds is 5. The molecule has 0 unspecified atom stereocenters. The third-order valence-corrected chi connectivity index (χ3v) is 6.30. The van der Waals surface area contributed by atoms with E-state index >= 15 is 0 Å². The third kappa shape index (κ3) is 3.65. The molecular weight excluding hydrogens is 302 g/mol. The van der Waals surface area contributed by atoms with Gasteiger partial charge in [-0.2, -0.15) is 4.98 Å². The van der Waals surface area contributed by atoms with Crippen LogP contribution in [-0.4, -0.2) is 34.0 Å². The third-order valence-electron chi connectivity index (χ3n) is 6.30. The number of carbonyl (C=O) groups is 1. The van der Waals surface area contributed by atoms with Crippen molar-refractivity contribution in [2.45, 2.75) is 83.0 Å². The summed E-state index contributed by atoms with van der Waals surface area (Å²) >= 11 is 0. The molecule has 0 atom stereocenters. The van der Waals surface area contributed by atoms with Crippen molar-refractivity contribution in [3.8, 4) is 0 Å². The van der Waals surface area contributed by atoms with E-state index in [4.69, 9.17) is 4.52 Å². The highest BCUT2D eigenvalue weighted by molar-refractivity contribution is 5.76. The average Bonchev–Trinajstić information content (AvgIpc) is 3.35. The summed E-state index contributed by atoms with van der Waals surface area (Å²) in [5.74, 6) is 2.40. The molecule has 1 aromatic rings. The molecule has 0 radical (unpaired) electrons. The summed E-state index contributed by atoms with van der Waals surface area (Å²) in [6.45, 7) is 1.93. The summed E-state index contributed by atoms with van der Waals surface area (Å²) in [5.41, 5.74) is 0.567. The van der Waals surface area contributed by atoms with Crippen LogP contribution in [0.1, 0.15) is 88.3 Å². The van der Waals surface area contributed by atoms with Crippen molar-refractivity contribution < 1.29 is 9.32 Å². The molecule has 0 aromatic carbocycles. The summed E-state index contributed by atoms with van der Waals surface area (Å²) in [7, 11) is 0. The van der Waals surface area contributed by atoms with Crippen LogP contribution in [0.4, 0.5) is 0 Å². The lowest BCUT2D eigenvalue weighted by molar-refractivity contribution is -0.134. The van der Waals surface area contributed by atoms with Crippen LogP contribution in [0, 0.1) is 5.41 Å². The lowest BCUT2D eigenvalue weighted by Gasteiger charge is -2.44. The monoisotopic (exact) mass is 331 g/mol. The van der Waals surface area contributed by atoms with Gasteiger partial charge in [-0.3, -0.25) is 4.79 Å². The summed E-state index contributed by atoms with van der Waals surface area (Å²) in [6, 6.07) is 0. The fourth-order valence-corrected chi connectivity index (χ4v) is 4.46. The second-order valence-electron chi connectivity index (χ2n) is 8.12. The second-order valence-corrected chi connectivity index (χ2v) is 8.12. The van der Waals surface area contributed by atoms with E-state index in [9.17, 15) is 4.79 Å². The zero-order valence-corrected chi connectivity index (χ0v) is 14.6. The van der Waals surface area contributed by atoms with E-state index in [-0.39, 0.29) is 0 Å². The van der Waals surface area contributed by atoms with Gasteiger partial charge < -0.3 is 9.42 Å². The van der Waals surface area contributed by atoms with Crippen molar-refractivity contribution in [3.05, 3.63) is 11.7 Å². The molecular formula is C19H29N3O2. The van der Waals surface area contributed by atoms with Crippen LogP contribution in [0.3, 0.4) is 0 Å².